The molecule has 0 saturated carbocycles. The van der Waals surface area contributed by atoms with Crippen LogP contribution in [0, 0.1) is 0 Å². The van der Waals surface area contributed by atoms with Gasteiger partial charge in [0.15, 0.2) is 0 Å². The second-order valence-corrected chi connectivity index (χ2v) is 16.5. The summed E-state index contributed by atoms with van der Waals surface area (Å²) in [6, 6.07) is 44.7. The smallest absolute Gasteiger partial charge is 0.144 e. The van der Waals surface area contributed by atoms with Crippen molar-refractivity contribution in [3.8, 4) is 72.9 Å². The molecule has 0 aliphatic carbocycles. The molecule has 0 aliphatic heterocycles. The minimum Gasteiger partial charge on any atom is -0.507 e. The fraction of sp³-hybridized carbons (Fsp3) is 0.180. The van der Waals surface area contributed by atoms with E-state index < -0.39 is 0 Å². The number of hydrogen-bond acceptors (Lipinski definition) is 4. The number of fused-ring (bicyclic) bond motifs is 1. The normalized spacial score (nSPS) is 12.0. The van der Waals surface area contributed by atoms with E-state index in [1.807, 2.05) is 37.8 Å². The van der Waals surface area contributed by atoms with E-state index in [4.69, 9.17) is 15.0 Å². The maximum absolute atomic E-state index is 11.8. The molecule has 0 aliphatic rings. The molecule has 1 N–H and O–H groups in total. The molecule has 55 heavy (non-hydrogen) atoms. The standard InChI is InChI=1S/C50H46N4O/c1-49(2,3)40-28-41(47(55)43(29-40)50(4,5)6)48-53-46-42(30-51-31-45(46)54(48)7)38-24-37(33-16-12-9-13-17-33)25-39(26-38)44-27-36(22-23-52-44)35-20-18-34(19-21-35)32-14-10-8-11-15-32/h8-31,55H,1-7H3. The second kappa shape index (κ2) is 13.8. The van der Waals surface area contributed by atoms with Crippen molar-refractivity contribution in [3.63, 3.8) is 0 Å². The molecule has 3 heterocycles. The summed E-state index contributed by atoms with van der Waals surface area (Å²) < 4.78 is 2.05. The number of hydrogen-bond donors (Lipinski definition) is 1. The first-order valence-corrected chi connectivity index (χ1v) is 18.9. The maximum Gasteiger partial charge on any atom is 0.144 e. The van der Waals surface area contributed by atoms with E-state index >= 15 is 0 Å². The molecular formula is C50H46N4O. The number of rotatable bonds is 6. The Morgan fingerprint density at radius 3 is 1.75 bits per heavy atom. The Morgan fingerprint density at radius 1 is 0.527 bits per heavy atom. The lowest BCUT2D eigenvalue weighted by Gasteiger charge is -2.27. The van der Waals surface area contributed by atoms with Crippen LogP contribution in [-0.4, -0.2) is 24.6 Å². The van der Waals surface area contributed by atoms with Crippen molar-refractivity contribution in [2.45, 2.75) is 52.4 Å². The number of aryl methyl sites for hydroxylation is 1. The minimum atomic E-state index is -0.261. The zero-order valence-electron chi connectivity index (χ0n) is 32.6. The predicted octanol–water partition coefficient (Wildman–Crippen LogP) is 12.7. The van der Waals surface area contributed by atoms with Crippen LogP contribution in [0.15, 0.2) is 146 Å². The van der Waals surface area contributed by atoms with Crippen LogP contribution in [0.25, 0.3) is 78.2 Å². The van der Waals surface area contributed by atoms with E-state index in [1.54, 1.807) is 0 Å². The van der Waals surface area contributed by atoms with Crippen LogP contribution in [0.5, 0.6) is 5.75 Å². The van der Waals surface area contributed by atoms with Gasteiger partial charge in [-0.25, -0.2) is 4.98 Å². The van der Waals surface area contributed by atoms with Crippen molar-refractivity contribution in [1.29, 1.82) is 0 Å². The molecule has 0 radical (unpaired) electrons. The molecule has 0 bridgehead atoms. The molecule has 8 aromatic rings. The molecule has 0 spiro atoms. The van der Waals surface area contributed by atoms with E-state index in [2.05, 4.69) is 161 Å². The summed E-state index contributed by atoms with van der Waals surface area (Å²) in [7, 11) is 2.00. The van der Waals surface area contributed by atoms with Crippen molar-refractivity contribution >= 4 is 11.0 Å². The van der Waals surface area contributed by atoms with Crippen molar-refractivity contribution in [2.24, 2.45) is 7.05 Å². The summed E-state index contributed by atoms with van der Waals surface area (Å²) in [5.74, 6) is 0.966. The average molecular weight is 719 g/mol. The van der Waals surface area contributed by atoms with Gasteiger partial charge in [0.1, 0.15) is 17.1 Å². The zero-order valence-corrected chi connectivity index (χ0v) is 32.6. The van der Waals surface area contributed by atoms with Crippen molar-refractivity contribution in [3.05, 3.63) is 157 Å². The lowest BCUT2D eigenvalue weighted by atomic mass is 9.79. The molecule has 5 aromatic carbocycles. The van der Waals surface area contributed by atoms with Crippen molar-refractivity contribution < 1.29 is 5.11 Å². The van der Waals surface area contributed by atoms with Gasteiger partial charge >= 0.3 is 0 Å². The molecule has 0 atom stereocenters. The first kappa shape index (κ1) is 35.7. The van der Waals surface area contributed by atoms with Gasteiger partial charge < -0.3 is 9.67 Å². The number of imidazole rings is 1. The van der Waals surface area contributed by atoms with E-state index in [0.717, 1.165) is 72.4 Å². The third kappa shape index (κ3) is 6.94. The van der Waals surface area contributed by atoms with Gasteiger partial charge in [0.2, 0.25) is 0 Å². The molecule has 3 aromatic heterocycles. The van der Waals surface area contributed by atoms with Gasteiger partial charge in [-0.3, -0.25) is 9.97 Å². The van der Waals surface area contributed by atoms with Gasteiger partial charge in [-0.1, -0.05) is 133 Å². The van der Waals surface area contributed by atoms with Crippen molar-refractivity contribution in [1.82, 2.24) is 19.5 Å². The number of aromatic nitrogens is 4. The van der Waals surface area contributed by atoms with Gasteiger partial charge in [-0.2, -0.15) is 0 Å². The Hall–Kier alpha value is -6.33. The van der Waals surface area contributed by atoms with Gasteiger partial charge in [0.05, 0.1) is 23.0 Å². The highest BCUT2D eigenvalue weighted by Crippen LogP contribution is 2.43. The number of pyridine rings is 2. The first-order chi connectivity index (χ1) is 26.3. The van der Waals surface area contributed by atoms with Gasteiger partial charge in [0.25, 0.3) is 0 Å². The van der Waals surface area contributed by atoms with Crippen LogP contribution in [0.4, 0.5) is 0 Å². The highest BCUT2D eigenvalue weighted by atomic mass is 16.3. The largest absolute Gasteiger partial charge is 0.507 e. The Bertz CT molecular complexity index is 2660. The third-order valence-corrected chi connectivity index (χ3v) is 10.6. The zero-order chi connectivity index (χ0) is 38.5. The van der Waals surface area contributed by atoms with E-state index in [1.165, 1.54) is 11.1 Å². The molecule has 0 unspecified atom stereocenters. The minimum absolute atomic E-state index is 0.120. The average Bonchev–Trinajstić information content (AvgIpc) is 3.53. The molecule has 8 rings (SSSR count). The quantitative estimate of drug-likeness (QED) is 0.186. The Morgan fingerprint density at radius 2 is 1.11 bits per heavy atom. The van der Waals surface area contributed by atoms with Crippen LogP contribution in [0.1, 0.15) is 52.7 Å². The van der Waals surface area contributed by atoms with Gasteiger partial charge in [0, 0.05) is 36.1 Å². The summed E-state index contributed by atoms with van der Waals surface area (Å²) in [5, 5.41) is 11.8. The van der Waals surface area contributed by atoms with Crippen LogP contribution < -0.4 is 0 Å². The summed E-state index contributed by atoms with van der Waals surface area (Å²) in [6.45, 7) is 13.0. The van der Waals surface area contributed by atoms with E-state index in [9.17, 15) is 5.11 Å². The Kier molecular flexibility index (Phi) is 8.97. The highest BCUT2D eigenvalue weighted by molar-refractivity contribution is 5.96. The summed E-state index contributed by atoms with van der Waals surface area (Å²) in [4.78, 5) is 14.9. The molecule has 0 amide bonds. The molecule has 0 saturated heterocycles. The fourth-order valence-electron chi connectivity index (χ4n) is 7.34. The van der Waals surface area contributed by atoms with Crippen LogP contribution in [-0.2, 0) is 17.9 Å². The second-order valence-electron chi connectivity index (χ2n) is 16.5. The summed E-state index contributed by atoms with van der Waals surface area (Å²) in [6.07, 6.45) is 5.65. The Labute approximate surface area is 324 Å². The number of aromatic hydroxyl groups is 1. The summed E-state index contributed by atoms with van der Waals surface area (Å²) in [5.41, 5.74) is 14.7. The lowest BCUT2D eigenvalue weighted by molar-refractivity contribution is 0.446. The molecule has 5 heteroatoms. The van der Waals surface area contributed by atoms with E-state index in [0.29, 0.717) is 5.82 Å². The maximum atomic E-state index is 11.8. The molecule has 272 valence electrons. The third-order valence-electron chi connectivity index (χ3n) is 10.6. The van der Waals surface area contributed by atoms with Crippen LogP contribution in [0.3, 0.4) is 0 Å². The number of nitrogens with zero attached hydrogens (tertiary/aromatic N) is 4. The topological polar surface area (TPSA) is 63.8 Å². The highest BCUT2D eigenvalue weighted by Gasteiger charge is 2.28. The monoisotopic (exact) mass is 718 g/mol. The van der Waals surface area contributed by atoms with Gasteiger partial charge in [-0.15, -0.1) is 0 Å². The molecular weight excluding hydrogens is 673 g/mol. The van der Waals surface area contributed by atoms with Crippen molar-refractivity contribution in [2.75, 3.05) is 0 Å². The number of benzene rings is 5. The number of phenols is 1. The number of phenolic OH excluding ortho intramolecular Hbond substituents is 1. The van der Waals surface area contributed by atoms with Crippen LogP contribution >= 0.6 is 0 Å². The molecule has 0 fully saturated rings. The SMILES string of the molecule is Cn1c(-c2cc(C(C)(C)C)cc(C(C)(C)C)c2O)nc2c(-c3cc(-c4ccccc4)cc(-c4cc(-c5ccc(-c6ccccc6)cc5)ccn4)c3)cncc21. The van der Waals surface area contributed by atoms with E-state index in [-0.39, 0.29) is 16.6 Å². The molecule has 5 nitrogen and oxygen atoms in total. The first-order valence-electron chi connectivity index (χ1n) is 18.9. The predicted molar refractivity (Wildman–Crippen MR) is 228 cm³/mol. The fourth-order valence-corrected chi connectivity index (χ4v) is 7.34. The lowest BCUT2D eigenvalue weighted by Crippen LogP contribution is -2.17. The van der Waals surface area contributed by atoms with Crippen LogP contribution in [0.2, 0.25) is 0 Å². The Balaban J connectivity index is 1.27. The summed E-state index contributed by atoms with van der Waals surface area (Å²) >= 11 is 0. The van der Waals surface area contributed by atoms with Gasteiger partial charge in [-0.05, 0) is 91.7 Å².